The van der Waals surface area contributed by atoms with Gasteiger partial charge in [-0.05, 0) is 67.1 Å². The van der Waals surface area contributed by atoms with E-state index < -0.39 is 0 Å². The number of nitrogens with zero attached hydrogens (tertiary/aromatic N) is 1. The molecule has 2 aromatic heterocycles. The van der Waals surface area contributed by atoms with Crippen LogP contribution in [0, 0.1) is 20.8 Å². The molecule has 0 bridgehead atoms. The van der Waals surface area contributed by atoms with Gasteiger partial charge in [0.2, 0.25) is 5.88 Å². The van der Waals surface area contributed by atoms with E-state index in [4.69, 9.17) is 9.15 Å². The summed E-state index contributed by atoms with van der Waals surface area (Å²) >= 11 is 1.75. The average molecular weight is 454 g/mol. The Morgan fingerprint density at radius 2 is 1.55 bits per heavy atom. The fourth-order valence-electron chi connectivity index (χ4n) is 4.82. The highest BCUT2D eigenvalue weighted by Gasteiger charge is 2.36. The van der Waals surface area contributed by atoms with Gasteiger partial charge in [-0.15, -0.1) is 11.3 Å². The van der Waals surface area contributed by atoms with Gasteiger partial charge < -0.3 is 9.15 Å². The van der Waals surface area contributed by atoms with Crippen LogP contribution in [-0.4, -0.2) is 0 Å². The van der Waals surface area contributed by atoms with Gasteiger partial charge >= 0.3 is 0 Å². The lowest BCUT2D eigenvalue weighted by atomic mass is 9.84. The monoisotopic (exact) mass is 453 g/mol. The summed E-state index contributed by atoms with van der Waals surface area (Å²) in [7, 11) is 0. The SMILES string of the molecule is Cc1ccc2oc3c(c2c1)Oc1c(sc2ccccc12)N3c1c(C)cc(C(C)(C)C)cc1C. The van der Waals surface area contributed by atoms with Crippen molar-refractivity contribution in [1.29, 1.82) is 0 Å². The first-order valence-electron chi connectivity index (χ1n) is 11.4. The second-order valence-corrected chi connectivity index (χ2v) is 11.1. The van der Waals surface area contributed by atoms with Gasteiger partial charge in [0.25, 0.3) is 0 Å². The maximum absolute atomic E-state index is 6.62. The van der Waals surface area contributed by atoms with Gasteiger partial charge in [-0.25, -0.2) is 0 Å². The Bertz CT molecular complexity index is 1540. The second kappa shape index (κ2) is 6.88. The normalized spacial score (nSPS) is 13.3. The zero-order valence-corrected chi connectivity index (χ0v) is 20.7. The van der Waals surface area contributed by atoms with Crippen LogP contribution >= 0.6 is 11.3 Å². The molecule has 0 fully saturated rings. The zero-order chi connectivity index (χ0) is 23.1. The first kappa shape index (κ1) is 20.4. The lowest BCUT2D eigenvalue weighted by molar-refractivity contribution is 0.471. The van der Waals surface area contributed by atoms with Crippen molar-refractivity contribution in [1.82, 2.24) is 0 Å². The Kier molecular flexibility index (Phi) is 4.25. The van der Waals surface area contributed by atoms with Gasteiger partial charge in [0.1, 0.15) is 10.6 Å². The van der Waals surface area contributed by atoms with Crippen molar-refractivity contribution in [3.8, 4) is 11.5 Å². The molecule has 1 aliphatic heterocycles. The Hall–Kier alpha value is -3.24. The second-order valence-electron chi connectivity index (χ2n) is 10.1. The van der Waals surface area contributed by atoms with Crippen LogP contribution in [0.3, 0.4) is 0 Å². The molecule has 0 amide bonds. The standard InChI is InChI=1S/C29H27NO2S/c1-16-11-12-22-21(13-16)25-27(31-22)30(24-17(2)14-19(15-18(24)3)29(4,5)6)28-26(32-25)20-9-7-8-10-23(20)33-28/h7-15H,1-6H3. The summed E-state index contributed by atoms with van der Waals surface area (Å²) in [6, 6.07) is 19.4. The molecule has 3 aromatic carbocycles. The molecule has 166 valence electrons. The van der Waals surface area contributed by atoms with E-state index in [2.05, 4.69) is 95.0 Å². The van der Waals surface area contributed by atoms with Crippen molar-refractivity contribution in [3.63, 3.8) is 0 Å². The van der Waals surface area contributed by atoms with Crippen molar-refractivity contribution >= 4 is 49.0 Å². The Morgan fingerprint density at radius 1 is 0.818 bits per heavy atom. The number of aryl methyl sites for hydroxylation is 3. The van der Waals surface area contributed by atoms with E-state index in [9.17, 15) is 0 Å². The van der Waals surface area contributed by atoms with E-state index in [0.29, 0.717) is 0 Å². The highest BCUT2D eigenvalue weighted by atomic mass is 32.1. The summed E-state index contributed by atoms with van der Waals surface area (Å²) in [6.45, 7) is 13.3. The third-order valence-corrected chi connectivity index (χ3v) is 7.64. The van der Waals surface area contributed by atoms with E-state index in [1.165, 1.54) is 27.0 Å². The fourth-order valence-corrected chi connectivity index (χ4v) is 5.95. The molecule has 6 rings (SSSR count). The average Bonchev–Trinajstić information content (AvgIpc) is 3.30. The van der Waals surface area contributed by atoms with E-state index in [0.717, 1.165) is 44.4 Å². The van der Waals surface area contributed by atoms with Crippen LogP contribution in [0.1, 0.15) is 43.0 Å². The molecule has 4 heteroatoms. The number of fused-ring (bicyclic) bond motifs is 6. The van der Waals surface area contributed by atoms with Crippen molar-refractivity contribution in [2.45, 2.75) is 47.0 Å². The van der Waals surface area contributed by atoms with Crippen molar-refractivity contribution in [2.24, 2.45) is 0 Å². The molecule has 0 atom stereocenters. The smallest absolute Gasteiger partial charge is 0.250 e. The number of benzene rings is 3. The molecule has 33 heavy (non-hydrogen) atoms. The van der Waals surface area contributed by atoms with E-state index >= 15 is 0 Å². The first-order chi connectivity index (χ1) is 15.7. The van der Waals surface area contributed by atoms with Gasteiger partial charge in [0.05, 0.1) is 11.1 Å². The topological polar surface area (TPSA) is 25.6 Å². The lowest BCUT2D eigenvalue weighted by Gasteiger charge is -2.31. The van der Waals surface area contributed by atoms with E-state index in [1.807, 2.05) is 6.07 Å². The van der Waals surface area contributed by atoms with Crippen molar-refractivity contribution in [2.75, 3.05) is 4.90 Å². The maximum Gasteiger partial charge on any atom is 0.250 e. The summed E-state index contributed by atoms with van der Waals surface area (Å²) < 4.78 is 14.3. The van der Waals surface area contributed by atoms with Crippen LogP contribution in [0.5, 0.6) is 11.5 Å². The first-order valence-corrected chi connectivity index (χ1v) is 12.2. The number of ether oxygens (including phenoxy) is 1. The number of furan rings is 1. The Labute approximate surface area is 198 Å². The fraction of sp³-hybridized carbons (Fsp3) is 0.241. The summed E-state index contributed by atoms with van der Waals surface area (Å²) in [5.74, 6) is 2.46. The summed E-state index contributed by atoms with van der Waals surface area (Å²) in [5.41, 5.74) is 7.08. The molecular formula is C29H27NO2S. The van der Waals surface area contributed by atoms with Crippen molar-refractivity contribution in [3.05, 3.63) is 76.9 Å². The number of rotatable bonds is 1. The maximum atomic E-state index is 6.62. The minimum atomic E-state index is 0.0872. The number of hydrogen-bond acceptors (Lipinski definition) is 4. The molecule has 0 spiro atoms. The van der Waals surface area contributed by atoms with E-state index in [1.54, 1.807) is 11.3 Å². The van der Waals surface area contributed by atoms with Gasteiger partial charge in [-0.3, -0.25) is 4.90 Å². The molecule has 3 heterocycles. The minimum Gasteiger partial charge on any atom is -0.447 e. The zero-order valence-electron chi connectivity index (χ0n) is 19.9. The summed E-state index contributed by atoms with van der Waals surface area (Å²) in [5, 5.41) is 3.21. The lowest BCUT2D eigenvalue weighted by Crippen LogP contribution is -2.17. The quantitative estimate of drug-likeness (QED) is 0.248. The predicted octanol–water partition coefficient (Wildman–Crippen LogP) is 9.45. The van der Waals surface area contributed by atoms with Crippen LogP contribution in [0.2, 0.25) is 0 Å². The van der Waals surface area contributed by atoms with Crippen LogP contribution in [-0.2, 0) is 5.41 Å². The molecule has 0 unspecified atom stereocenters. The number of thiophene rings is 1. The predicted molar refractivity (Wildman–Crippen MR) is 139 cm³/mol. The van der Waals surface area contributed by atoms with Gasteiger partial charge in [0.15, 0.2) is 11.5 Å². The highest BCUT2D eigenvalue weighted by Crippen LogP contribution is 2.60. The summed E-state index contributed by atoms with van der Waals surface area (Å²) in [4.78, 5) is 2.28. The van der Waals surface area contributed by atoms with Crippen LogP contribution in [0.25, 0.3) is 21.1 Å². The molecule has 0 aliphatic carbocycles. The summed E-state index contributed by atoms with van der Waals surface area (Å²) in [6.07, 6.45) is 0. The largest absolute Gasteiger partial charge is 0.447 e. The molecule has 0 N–H and O–H groups in total. The van der Waals surface area contributed by atoms with Crippen LogP contribution in [0.15, 0.2) is 59.0 Å². The molecule has 0 saturated carbocycles. The Morgan fingerprint density at radius 3 is 2.27 bits per heavy atom. The van der Waals surface area contributed by atoms with Crippen LogP contribution < -0.4 is 9.64 Å². The third kappa shape index (κ3) is 3.01. The van der Waals surface area contributed by atoms with Crippen molar-refractivity contribution < 1.29 is 9.15 Å². The molecule has 3 nitrogen and oxygen atoms in total. The molecule has 0 saturated heterocycles. The minimum absolute atomic E-state index is 0.0872. The van der Waals surface area contributed by atoms with Gasteiger partial charge in [-0.2, -0.15) is 0 Å². The molecule has 1 aliphatic rings. The Balaban J connectivity index is 1.68. The van der Waals surface area contributed by atoms with Gasteiger partial charge in [-0.1, -0.05) is 56.7 Å². The van der Waals surface area contributed by atoms with E-state index in [-0.39, 0.29) is 5.41 Å². The van der Waals surface area contributed by atoms with Crippen LogP contribution in [0.4, 0.5) is 16.6 Å². The number of anilines is 3. The number of hydrogen-bond donors (Lipinski definition) is 0. The molecule has 5 aromatic rings. The van der Waals surface area contributed by atoms with Gasteiger partial charge in [0, 0.05) is 10.1 Å². The molecule has 0 radical (unpaired) electrons. The third-order valence-electron chi connectivity index (χ3n) is 6.50. The highest BCUT2D eigenvalue weighted by molar-refractivity contribution is 7.23. The molecular weight excluding hydrogens is 426 g/mol.